The van der Waals surface area contributed by atoms with Crippen LogP contribution in [0.3, 0.4) is 0 Å². The van der Waals surface area contributed by atoms with Gasteiger partial charge >= 0.3 is 6.09 Å². The lowest BCUT2D eigenvalue weighted by atomic mass is 9.90. The minimum atomic E-state index is -1.94. The van der Waals surface area contributed by atoms with E-state index in [1.165, 1.54) is 12.1 Å². The number of alkyl carbamates (subject to hydrolysis) is 1. The van der Waals surface area contributed by atoms with E-state index in [4.69, 9.17) is 9.73 Å². The molecule has 3 rings (SSSR count). The third kappa shape index (κ3) is 3.96. The summed E-state index contributed by atoms with van der Waals surface area (Å²) < 4.78 is 37.0. The smallest absolute Gasteiger partial charge is 0.414 e. The fourth-order valence-electron chi connectivity index (χ4n) is 3.38. The van der Waals surface area contributed by atoms with Crippen LogP contribution in [0.1, 0.15) is 46.7 Å². The molecule has 0 radical (unpaired) electrons. The number of fused-ring (bicyclic) bond motifs is 2. The Morgan fingerprint density at radius 3 is 2.64 bits per heavy atom. The lowest BCUT2D eigenvalue weighted by Crippen LogP contribution is -2.44. The normalized spacial score (nSPS) is 31.5. The molecule has 1 amide bonds. The molecule has 0 spiro atoms. The molecule has 154 valence electrons. The number of hydrogen-bond donors (Lipinski definition) is 3. The lowest BCUT2D eigenvalue weighted by molar-refractivity contribution is 0.0622. The second-order valence-electron chi connectivity index (χ2n) is 7.95. The van der Waals surface area contributed by atoms with E-state index in [0.717, 1.165) is 0 Å². The van der Waals surface area contributed by atoms with Crippen molar-refractivity contribution in [3.63, 3.8) is 0 Å². The summed E-state index contributed by atoms with van der Waals surface area (Å²) in [6.45, 7) is 9.13. The summed E-state index contributed by atoms with van der Waals surface area (Å²) in [5, 5.41) is 5.13. The monoisotopic (exact) mass is 411 g/mol. The van der Waals surface area contributed by atoms with Gasteiger partial charge in [0.15, 0.2) is 5.72 Å². The van der Waals surface area contributed by atoms with Crippen molar-refractivity contribution in [3.8, 4) is 0 Å². The highest BCUT2D eigenvalue weighted by molar-refractivity contribution is 7.75. The third-order valence-corrected chi connectivity index (χ3v) is 6.56. The Morgan fingerprint density at radius 1 is 1.32 bits per heavy atom. The molecule has 2 aliphatic rings. The first-order chi connectivity index (χ1) is 13.0. The maximum Gasteiger partial charge on any atom is 0.414 e. The summed E-state index contributed by atoms with van der Waals surface area (Å²) in [6.07, 6.45) is -0.196. The van der Waals surface area contributed by atoms with Crippen molar-refractivity contribution in [1.29, 1.82) is 0 Å². The number of aromatic nitrogens is 1. The molecule has 1 aromatic rings. The van der Waals surface area contributed by atoms with Crippen LogP contribution in [0.4, 0.5) is 15.0 Å². The Morgan fingerprint density at radius 2 is 2.04 bits per heavy atom. The number of halogens is 1. The Balaban J connectivity index is 2.28. The molecule has 0 saturated heterocycles. The number of aliphatic imine (C=N–C) groups is 1. The van der Waals surface area contributed by atoms with E-state index in [1.807, 2.05) is 13.8 Å². The largest absolute Gasteiger partial charge is 0.423 e. The highest BCUT2D eigenvalue weighted by Gasteiger charge is 2.43. The first kappa shape index (κ1) is 20.5. The minimum absolute atomic E-state index is 0.0630. The van der Waals surface area contributed by atoms with Gasteiger partial charge in [0, 0.05) is 23.1 Å². The van der Waals surface area contributed by atoms with E-state index in [-0.39, 0.29) is 11.6 Å². The predicted octanol–water partition coefficient (Wildman–Crippen LogP) is 2.82. The standard InChI is InChI=1S/C18H26FN5O3S/c1-10(2)15-22-16(25)27-17(3,4)23-13-7-6-11(19)14(21-13)18(5,24-15)12-8-9-20-28(12)26/h6-7,10,12,28H,8-9H2,1-5H3,(H,21,23)(H,22,24,25)/t12-,18+/m1/s1. The molecule has 0 saturated carbocycles. The molecule has 2 bridgehead atoms. The number of nitrogens with one attached hydrogen (secondary N) is 2. The number of amides is 1. The molecule has 0 fully saturated rings. The van der Waals surface area contributed by atoms with Gasteiger partial charge in [-0.15, -0.1) is 0 Å². The summed E-state index contributed by atoms with van der Waals surface area (Å²) >= 11 is 0. The van der Waals surface area contributed by atoms with Gasteiger partial charge in [0.2, 0.25) is 0 Å². The number of carbonyl (C=O) groups is 1. The Hall–Kier alpha value is -2.23. The number of anilines is 1. The van der Waals surface area contributed by atoms with E-state index in [9.17, 15) is 13.4 Å². The van der Waals surface area contributed by atoms with Crippen molar-refractivity contribution in [2.75, 3.05) is 11.9 Å². The van der Waals surface area contributed by atoms with Gasteiger partial charge in [-0.1, -0.05) is 13.8 Å². The Kier molecular flexibility index (Phi) is 5.35. The van der Waals surface area contributed by atoms with Crippen LogP contribution in [-0.4, -0.2) is 38.6 Å². The average Bonchev–Trinajstić information content (AvgIpc) is 3.00. The summed E-state index contributed by atoms with van der Waals surface area (Å²) in [5.41, 5.74) is -2.30. The summed E-state index contributed by atoms with van der Waals surface area (Å²) in [4.78, 5) is 21.6. The minimum Gasteiger partial charge on any atom is -0.423 e. The van der Waals surface area contributed by atoms with Gasteiger partial charge in [-0.25, -0.2) is 18.5 Å². The van der Waals surface area contributed by atoms with E-state index in [0.29, 0.717) is 24.6 Å². The molecule has 0 aliphatic carbocycles. The van der Waals surface area contributed by atoms with Gasteiger partial charge in [0.05, 0.1) is 5.25 Å². The number of hydrogen-bond acceptors (Lipinski definition) is 7. The molecular formula is C18H26FN5O3S. The second kappa shape index (κ2) is 7.31. The molecule has 8 nitrogen and oxygen atoms in total. The van der Waals surface area contributed by atoms with Gasteiger partial charge in [-0.2, -0.15) is 0 Å². The van der Waals surface area contributed by atoms with Gasteiger partial charge < -0.3 is 10.1 Å². The molecule has 2 aliphatic heterocycles. The number of pyridine rings is 1. The first-order valence-electron chi connectivity index (χ1n) is 9.20. The van der Waals surface area contributed by atoms with Gasteiger partial charge in [-0.05, 0) is 39.3 Å². The van der Waals surface area contributed by atoms with Crippen molar-refractivity contribution in [1.82, 2.24) is 10.3 Å². The van der Waals surface area contributed by atoms with Crippen LogP contribution >= 0.6 is 0 Å². The van der Waals surface area contributed by atoms with Gasteiger partial charge in [0.1, 0.15) is 28.7 Å². The maximum absolute atomic E-state index is 14.9. The first-order valence-corrected chi connectivity index (χ1v) is 10.5. The third-order valence-electron chi connectivity index (χ3n) is 4.79. The number of cyclic esters (lactones) is 1. The van der Waals surface area contributed by atoms with Crippen molar-refractivity contribution >= 4 is 28.3 Å². The van der Waals surface area contributed by atoms with Crippen LogP contribution in [0, 0.1) is 11.7 Å². The number of amidine groups is 1. The zero-order chi connectivity index (χ0) is 20.7. The summed E-state index contributed by atoms with van der Waals surface area (Å²) in [5.74, 6) is -0.105. The zero-order valence-corrected chi connectivity index (χ0v) is 17.5. The summed E-state index contributed by atoms with van der Waals surface area (Å²) in [7, 11) is -1.94. The number of rotatable bonds is 2. The van der Waals surface area contributed by atoms with E-state index >= 15 is 0 Å². The van der Waals surface area contributed by atoms with Crippen LogP contribution in [0.15, 0.2) is 21.5 Å². The van der Waals surface area contributed by atoms with Crippen molar-refractivity contribution < 1.29 is 18.1 Å². The lowest BCUT2D eigenvalue weighted by Gasteiger charge is -2.31. The van der Waals surface area contributed by atoms with Crippen LogP contribution in [0.5, 0.6) is 0 Å². The number of thiol groups is 1. The predicted molar refractivity (Wildman–Crippen MR) is 106 cm³/mol. The van der Waals surface area contributed by atoms with Gasteiger partial charge in [-0.3, -0.25) is 14.5 Å². The van der Waals surface area contributed by atoms with Gasteiger partial charge in [0.25, 0.3) is 0 Å². The van der Waals surface area contributed by atoms with Crippen LogP contribution < -0.4 is 10.6 Å². The van der Waals surface area contributed by atoms with E-state index < -0.39 is 39.0 Å². The highest BCUT2D eigenvalue weighted by atomic mass is 32.2. The Bertz CT molecular complexity index is 910. The number of ether oxygens (including phenoxy) is 1. The summed E-state index contributed by atoms with van der Waals surface area (Å²) in [6, 6.07) is 2.75. The molecule has 3 atom stereocenters. The quantitative estimate of drug-likeness (QED) is 0.649. The van der Waals surface area contributed by atoms with Crippen molar-refractivity contribution in [2.24, 2.45) is 15.3 Å². The molecule has 1 aromatic heterocycles. The topological polar surface area (TPSA) is 105 Å². The fourth-order valence-corrected chi connectivity index (χ4v) is 4.84. The molecular weight excluding hydrogens is 385 g/mol. The van der Waals surface area contributed by atoms with Crippen LogP contribution in [0.25, 0.3) is 0 Å². The molecule has 10 heteroatoms. The average molecular weight is 412 g/mol. The molecule has 1 unspecified atom stereocenters. The number of carbonyl (C=O) groups excluding carboxylic acids is 1. The number of nitrogens with zero attached hydrogens (tertiary/aromatic N) is 3. The Labute approximate surface area is 165 Å². The van der Waals surface area contributed by atoms with E-state index in [2.05, 4.69) is 20.0 Å². The molecule has 28 heavy (non-hydrogen) atoms. The molecule has 2 N–H and O–H groups in total. The SMILES string of the molecule is CC(C)/C1=N\[C@@](C)([C@H]2CCN=[SH]2=O)c2nc(ccc2F)NC(C)(C)OC(=O)N1. The van der Waals surface area contributed by atoms with Crippen molar-refractivity contribution in [2.45, 2.75) is 57.6 Å². The zero-order valence-electron chi connectivity index (χ0n) is 16.6. The van der Waals surface area contributed by atoms with Crippen LogP contribution in [-0.2, 0) is 20.9 Å². The molecule has 0 aromatic carbocycles. The van der Waals surface area contributed by atoms with Crippen LogP contribution in [0.2, 0.25) is 0 Å². The molecule has 3 heterocycles. The highest BCUT2D eigenvalue weighted by Crippen LogP contribution is 2.37. The maximum atomic E-state index is 14.9. The second-order valence-corrected chi connectivity index (χ2v) is 9.46. The van der Waals surface area contributed by atoms with E-state index in [1.54, 1.807) is 20.8 Å². The van der Waals surface area contributed by atoms with Crippen molar-refractivity contribution in [3.05, 3.63) is 23.6 Å². The fraction of sp³-hybridized carbons (Fsp3) is 0.611.